The van der Waals surface area contributed by atoms with E-state index in [0.717, 1.165) is 18.4 Å². The molecule has 0 spiro atoms. The van der Waals surface area contributed by atoms with Crippen molar-refractivity contribution in [3.05, 3.63) is 24.5 Å². The minimum Gasteiger partial charge on any atom is -0.472 e. The Labute approximate surface area is 93.6 Å². The Bertz CT molecular complexity index is 422. The minimum absolute atomic E-state index is 0.0858. The predicted octanol–water partition coefficient (Wildman–Crippen LogP) is 2.00. The molecule has 0 aliphatic rings. The van der Waals surface area contributed by atoms with Crippen LogP contribution in [0.15, 0.2) is 27.5 Å². The van der Waals surface area contributed by atoms with Crippen LogP contribution in [0.25, 0.3) is 11.4 Å². The third-order valence-corrected chi connectivity index (χ3v) is 2.34. The van der Waals surface area contributed by atoms with Crippen molar-refractivity contribution < 1.29 is 8.94 Å². The lowest BCUT2D eigenvalue weighted by atomic mass is 10.1. The van der Waals surface area contributed by atoms with E-state index in [1.165, 1.54) is 0 Å². The first-order chi connectivity index (χ1) is 7.79. The Morgan fingerprint density at radius 3 is 3.06 bits per heavy atom. The molecule has 0 aromatic carbocycles. The van der Waals surface area contributed by atoms with Gasteiger partial charge in [0.25, 0.3) is 0 Å². The van der Waals surface area contributed by atoms with Crippen molar-refractivity contribution in [1.29, 1.82) is 0 Å². The number of rotatable bonds is 5. The molecule has 2 heterocycles. The maximum absolute atomic E-state index is 5.90. The van der Waals surface area contributed by atoms with Crippen LogP contribution in [0.1, 0.15) is 25.7 Å². The van der Waals surface area contributed by atoms with Crippen molar-refractivity contribution in [1.82, 2.24) is 10.1 Å². The molecule has 0 saturated heterocycles. The van der Waals surface area contributed by atoms with Gasteiger partial charge in [-0.25, -0.2) is 0 Å². The van der Waals surface area contributed by atoms with E-state index in [4.69, 9.17) is 14.7 Å². The second-order valence-corrected chi connectivity index (χ2v) is 3.78. The zero-order valence-corrected chi connectivity index (χ0v) is 9.22. The lowest BCUT2D eigenvalue weighted by Crippen LogP contribution is -2.22. The molecule has 0 fully saturated rings. The average Bonchev–Trinajstić information content (AvgIpc) is 2.86. The summed E-state index contributed by atoms with van der Waals surface area (Å²) in [5.74, 6) is 1.13. The van der Waals surface area contributed by atoms with Crippen molar-refractivity contribution in [3.63, 3.8) is 0 Å². The van der Waals surface area contributed by atoms with Gasteiger partial charge in [-0.2, -0.15) is 4.98 Å². The summed E-state index contributed by atoms with van der Waals surface area (Å²) >= 11 is 0. The second kappa shape index (κ2) is 4.94. The largest absolute Gasteiger partial charge is 0.472 e. The Morgan fingerprint density at radius 1 is 1.50 bits per heavy atom. The monoisotopic (exact) mass is 221 g/mol. The number of hydrogen-bond acceptors (Lipinski definition) is 5. The van der Waals surface area contributed by atoms with Crippen LogP contribution in [0.3, 0.4) is 0 Å². The molecule has 0 saturated carbocycles. The van der Waals surface area contributed by atoms with E-state index in [1.807, 2.05) is 0 Å². The zero-order chi connectivity index (χ0) is 11.4. The van der Waals surface area contributed by atoms with Gasteiger partial charge < -0.3 is 14.7 Å². The number of nitrogens with two attached hydrogens (primary N) is 1. The van der Waals surface area contributed by atoms with Gasteiger partial charge in [0.15, 0.2) is 0 Å². The third-order valence-electron chi connectivity index (χ3n) is 2.34. The van der Waals surface area contributed by atoms with Gasteiger partial charge in [0.1, 0.15) is 6.26 Å². The quantitative estimate of drug-likeness (QED) is 0.835. The Kier molecular flexibility index (Phi) is 3.36. The molecule has 0 bridgehead atoms. The van der Waals surface area contributed by atoms with E-state index in [1.54, 1.807) is 18.6 Å². The van der Waals surface area contributed by atoms with Crippen molar-refractivity contribution in [2.24, 2.45) is 5.73 Å². The Morgan fingerprint density at radius 2 is 2.38 bits per heavy atom. The van der Waals surface area contributed by atoms with Gasteiger partial charge in [-0.15, -0.1) is 0 Å². The van der Waals surface area contributed by atoms with Crippen LogP contribution in [-0.2, 0) is 6.42 Å². The topological polar surface area (TPSA) is 78.1 Å². The maximum Gasteiger partial charge on any atom is 0.228 e. The molecule has 2 aromatic rings. The molecule has 0 amide bonds. The number of furan rings is 1. The van der Waals surface area contributed by atoms with Crippen LogP contribution in [0.2, 0.25) is 0 Å². The highest BCUT2D eigenvalue weighted by Gasteiger charge is 2.12. The summed E-state index contributed by atoms with van der Waals surface area (Å²) in [6, 6.07) is 1.88. The number of aromatic nitrogens is 2. The summed E-state index contributed by atoms with van der Waals surface area (Å²) < 4.78 is 10.1. The van der Waals surface area contributed by atoms with Crippen LogP contribution in [-0.4, -0.2) is 16.2 Å². The van der Waals surface area contributed by atoms with Crippen molar-refractivity contribution in [2.45, 2.75) is 32.2 Å². The molecule has 16 heavy (non-hydrogen) atoms. The van der Waals surface area contributed by atoms with Gasteiger partial charge in [0.2, 0.25) is 11.7 Å². The fourth-order valence-corrected chi connectivity index (χ4v) is 1.54. The average molecular weight is 221 g/mol. The molecular formula is C11H15N3O2. The molecule has 0 radical (unpaired) electrons. The standard InChI is InChI=1S/C11H15N3O2/c1-2-3-9(12)6-10-13-11(14-16-10)8-4-5-15-7-8/h4-5,7,9H,2-3,6,12H2,1H3. The van der Waals surface area contributed by atoms with Crippen molar-refractivity contribution in [2.75, 3.05) is 0 Å². The summed E-state index contributed by atoms with van der Waals surface area (Å²) in [4.78, 5) is 4.26. The lowest BCUT2D eigenvalue weighted by molar-refractivity contribution is 0.366. The molecule has 0 aliphatic carbocycles. The van der Waals surface area contributed by atoms with E-state index in [0.29, 0.717) is 18.1 Å². The normalized spacial score (nSPS) is 12.9. The van der Waals surface area contributed by atoms with Gasteiger partial charge in [-0.05, 0) is 12.5 Å². The summed E-state index contributed by atoms with van der Waals surface area (Å²) in [6.07, 6.45) is 5.81. The summed E-state index contributed by atoms with van der Waals surface area (Å²) in [5.41, 5.74) is 6.72. The van der Waals surface area contributed by atoms with Crippen molar-refractivity contribution in [3.8, 4) is 11.4 Å². The highest BCUT2D eigenvalue weighted by molar-refractivity contribution is 5.51. The highest BCUT2D eigenvalue weighted by atomic mass is 16.5. The fraction of sp³-hybridized carbons (Fsp3) is 0.455. The number of hydrogen-bond donors (Lipinski definition) is 1. The summed E-state index contributed by atoms with van der Waals surface area (Å²) in [6.45, 7) is 2.10. The molecule has 2 rings (SSSR count). The third kappa shape index (κ3) is 2.49. The van der Waals surface area contributed by atoms with Crippen LogP contribution < -0.4 is 5.73 Å². The minimum atomic E-state index is 0.0858. The molecular weight excluding hydrogens is 206 g/mol. The van der Waals surface area contributed by atoms with Gasteiger partial charge in [-0.3, -0.25) is 0 Å². The number of nitrogens with zero attached hydrogens (tertiary/aromatic N) is 2. The maximum atomic E-state index is 5.90. The first kappa shape index (κ1) is 10.9. The van der Waals surface area contributed by atoms with Gasteiger partial charge in [-0.1, -0.05) is 18.5 Å². The van der Waals surface area contributed by atoms with E-state index >= 15 is 0 Å². The molecule has 2 N–H and O–H groups in total. The van der Waals surface area contributed by atoms with Crippen LogP contribution in [0, 0.1) is 0 Å². The molecule has 5 heteroatoms. The van der Waals surface area contributed by atoms with Crippen LogP contribution in [0.4, 0.5) is 0 Å². The van der Waals surface area contributed by atoms with Crippen molar-refractivity contribution >= 4 is 0 Å². The molecule has 0 aliphatic heterocycles. The molecule has 1 unspecified atom stereocenters. The van der Waals surface area contributed by atoms with Gasteiger partial charge >= 0.3 is 0 Å². The Balaban J connectivity index is 2.03. The fourth-order valence-electron chi connectivity index (χ4n) is 1.54. The highest BCUT2D eigenvalue weighted by Crippen LogP contribution is 2.16. The molecule has 86 valence electrons. The Hall–Kier alpha value is -1.62. The zero-order valence-electron chi connectivity index (χ0n) is 9.22. The van der Waals surface area contributed by atoms with Gasteiger partial charge in [0.05, 0.1) is 11.8 Å². The SMILES string of the molecule is CCCC(N)Cc1nc(-c2ccoc2)no1. The lowest BCUT2D eigenvalue weighted by Gasteiger charge is -2.05. The van der Waals surface area contributed by atoms with Gasteiger partial charge in [0, 0.05) is 12.5 Å². The molecule has 1 atom stereocenters. The first-order valence-corrected chi connectivity index (χ1v) is 5.40. The second-order valence-electron chi connectivity index (χ2n) is 3.78. The summed E-state index contributed by atoms with van der Waals surface area (Å²) in [7, 11) is 0. The van der Waals surface area contributed by atoms with E-state index in [-0.39, 0.29) is 6.04 Å². The smallest absolute Gasteiger partial charge is 0.228 e. The van der Waals surface area contributed by atoms with Crippen LogP contribution >= 0.6 is 0 Å². The molecule has 5 nitrogen and oxygen atoms in total. The molecule has 2 aromatic heterocycles. The predicted molar refractivity (Wildman–Crippen MR) is 58.6 cm³/mol. The first-order valence-electron chi connectivity index (χ1n) is 5.40. The van der Waals surface area contributed by atoms with E-state index < -0.39 is 0 Å². The van der Waals surface area contributed by atoms with Crippen LogP contribution in [0.5, 0.6) is 0 Å². The van der Waals surface area contributed by atoms with E-state index in [2.05, 4.69) is 17.1 Å². The van der Waals surface area contributed by atoms with E-state index in [9.17, 15) is 0 Å². The summed E-state index contributed by atoms with van der Waals surface area (Å²) in [5, 5.41) is 3.87.